The van der Waals surface area contributed by atoms with Crippen LogP contribution < -0.4 is 5.32 Å². The van der Waals surface area contributed by atoms with Gasteiger partial charge < -0.3 is 9.88 Å². The second-order valence-corrected chi connectivity index (χ2v) is 9.58. The zero-order chi connectivity index (χ0) is 24.5. The van der Waals surface area contributed by atoms with Crippen molar-refractivity contribution in [2.75, 3.05) is 11.1 Å². The fourth-order valence-corrected chi connectivity index (χ4v) is 5.07. The fraction of sp³-hybridized carbons (Fsp3) is 0.125. The van der Waals surface area contributed by atoms with Crippen LogP contribution in [0.25, 0.3) is 10.9 Å². The van der Waals surface area contributed by atoms with Crippen molar-refractivity contribution in [2.24, 2.45) is 0 Å². The molecule has 4 aromatic rings. The Morgan fingerprint density at radius 3 is 2.38 bits per heavy atom. The first-order valence-electron chi connectivity index (χ1n) is 10.1. The Bertz CT molecular complexity index is 1480. The van der Waals surface area contributed by atoms with Crippen LogP contribution in [0.5, 0.6) is 0 Å². The predicted molar refractivity (Wildman–Crippen MR) is 120 cm³/mol. The van der Waals surface area contributed by atoms with E-state index in [1.54, 1.807) is 34.9 Å². The van der Waals surface area contributed by atoms with Gasteiger partial charge in [-0.2, -0.15) is 13.2 Å². The normalized spacial score (nSPS) is 12.1. The Balaban J connectivity index is 1.64. The summed E-state index contributed by atoms with van der Waals surface area (Å²) < 4.78 is 80.9. The van der Waals surface area contributed by atoms with Crippen molar-refractivity contribution in [3.8, 4) is 0 Å². The minimum Gasteiger partial charge on any atom is -0.342 e. The van der Waals surface area contributed by atoms with Gasteiger partial charge in [0.05, 0.1) is 16.1 Å². The topological polar surface area (TPSA) is 68.2 Å². The van der Waals surface area contributed by atoms with Gasteiger partial charge in [-0.05, 0) is 35.9 Å². The quantitative estimate of drug-likeness (QED) is 0.375. The third-order valence-electron chi connectivity index (χ3n) is 5.16. The number of carbonyl (C=O) groups is 1. The lowest BCUT2D eigenvalue weighted by molar-refractivity contribution is -0.137. The molecule has 5 nitrogen and oxygen atoms in total. The number of benzene rings is 3. The van der Waals surface area contributed by atoms with E-state index in [9.17, 15) is 30.8 Å². The summed E-state index contributed by atoms with van der Waals surface area (Å²) in [6, 6.07) is 16.8. The van der Waals surface area contributed by atoms with E-state index in [0.29, 0.717) is 16.5 Å². The number of para-hydroxylation sites is 2. The van der Waals surface area contributed by atoms with Crippen LogP contribution in [0.4, 0.5) is 23.2 Å². The lowest BCUT2D eigenvalue weighted by Crippen LogP contribution is -2.24. The molecular weight excluding hydrogens is 472 g/mol. The zero-order valence-corrected chi connectivity index (χ0v) is 18.3. The largest absolute Gasteiger partial charge is 0.418 e. The number of hydrogen-bond donors (Lipinski definition) is 1. The van der Waals surface area contributed by atoms with Gasteiger partial charge in [0.2, 0.25) is 5.91 Å². The zero-order valence-electron chi connectivity index (χ0n) is 17.5. The minimum atomic E-state index is -4.72. The lowest BCUT2D eigenvalue weighted by atomic mass is 10.1. The summed E-state index contributed by atoms with van der Waals surface area (Å²) in [5.74, 6) is -2.58. The Labute approximate surface area is 192 Å². The highest BCUT2D eigenvalue weighted by Crippen LogP contribution is 2.34. The van der Waals surface area contributed by atoms with Gasteiger partial charge in [-0.3, -0.25) is 4.79 Å². The van der Waals surface area contributed by atoms with Gasteiger partial charge in [-0.1, -0.05) is 42.5 Å². The molecule has 176 valence electrons. The molecular formula is C24H18F4N2O3S. The molecule has 1 heterocycles. The van der Waals surface area contributed by atoms with E-state index in [1.165, 1.54) is 36.5 Å². The molecule has 34 heavy (non-hydrogen) atoms. The van der Waals surface area contributed by atoms with E-state index >= 15 is 0 Å². The third kappa shape index (κ3) is 4.96. The summed E-state index contributed by atoms with van der Waals surface area (Å²) in [5, 5.41) is 2.41. The van der Waals surface area contributed by atoms with Crippen molar-refractivity contribution in [1.29, 1.82) is 0 Å². The number of anilines is 1. The summed E-state index contributed by atoms with van der Waals surface area (Å²) in [6.45, 7) is 0.180. The molecule has 0 spiro atoms. The second-order valence-electron chi connectivity index (χ2n) is 7.62. The molecule has 10 heteroatoms. The summed E-state index contributed by atoms with van der Waals surface area (Å²) in [4.78, 5) is 12.3. The SMILES string of the molecule is O=C(CS(=O)(=O)c1cn(Cc2cccc(F)c2)c2ccccc12)Nc1ccccc1C(F)(F)F. The molecule has 1 aromatic heterocycles. The maximum Gasteiger partial charge on any atom is 0.418 e. The van der Waals surface area contributed by atoms with Crippen LogP contribution in [0.3, 0.4) is 0 Å². The van der Waals surface area contributed by atoms with Crippen molar-refractivity contribution in [3.05, 3.63) is 95.9 Å². The number of hydrogen-bond acceptors (Lipinski definition) is 3. The summed E-state index contributed by atoms with van der Waals surface area (Å²) in [5.41, 5.74) is -0.449. The molecule has 0 aliphatic heterocycles. The van der Waals surface area contributed by atoms with Crippen LogP contribution in [0.2, 0.25) is 0 Å². The van der Waals surface area contributed by atoms with E-state index < -0.39 is 44.7 Å². The molecule has 0 atom stereocenters. The second kappa shape index (κ2) is 8.94. The molecule has 4 rings (SSSR count). The van der Waals surface area contributed by atoms with E-state index in [-0.39, 0.29) is 11.4 Å². The number of nitrogens with zero attached hydrogens (tertiary/aromatic N) is 1. The van der Waals surface area contributed by atoms with Crippen molar-refractivity contribution in [1.82, 2.24) is 4.57 Å². The molecule has 0 saturated carbocycles. The van der Waals surface area contributed by atoms with Gasteiger partial charge in [0.1, 0.15) is 11.6 Å². The molecule has 0 aliphatic carbocycles. The number of alkyl halides is 3. The molecule has 0 radical (unpaired) electrons. The van der Waals surface area contributed by atoms with Crippen LogP contribution in [0, 0.1) is 5.82 Å². The third-order valence-corrected chi connectivity index (χ3v) is 6.79. The Kier molecular flexibility index (Phi) is 6.18. The van der Waals surface area contributed by atoms with E-state index in [4.69, 9.17) is 0 Å². The smallest absolute Gasteiger partial charge is 0.342 e. The average Bonchev–Trinajstić information content (AvgIpc) is 3.12. The number of rotatable bonds is 6. The molecule has 0 bridgehead atoms. The van der Waals surface area contributed by atoms with Gasteiger partial charge in [0.15, 0.2) is 9.84 Å². The average molecular weight is 490 g/mol. The number of amides is 1. The summed E-state index contributed by atoms with van der Waals surface area (Å²) in [6.07, 6.45) is -3.37. The summed E-state index contributed by atoms with van der Waals surface area (Å²) in [7, 11) is -4.22. The number of aromatic nitrogens is 1. The van der Waals surface area contributed by atoms with Gasteiger partial charge in [-0.15, -0.1) is 0 Å². The number of sulfone groups is 1. The molecule has 1 amide bonds. The first-order chi connectivity index (χ1) is 16.0. The highest BCUT2D eigenvalue weighted by molar-refractivity contribution is 7.92. The Morgan fingerprint density at radius 2 is 1.65 bits per heavy atom. The minimum absolute atomic E-state index is 0.140. The van der Waals surface area contributed by atoms with Crippen molar-refractivity contribution >= 4 is 32.3 Å². The van der Waals surface area contributed by atoms with Crippen LogP contribution in [0.1, 0.15) is 11.1 Å². The van der Waals surface area contributed by atoms with Crippen LogP contribution in [-0.2, 0) is 27.4 Å². The van der Waals surface area contributed by atoms with Gasteiger partial charge in [-0.25, -0.2) is 12.8 Å². The van der Waals surface area contributed by atoms with E-state index in [0.717, 1.165) is 12.1 Å². The van der Waals surface area contributed by atoms with E-state index in [2.05, 4.69) is 5.32 Å². The monoisotopic (exact) mass is 490 g/mol. The van der Waals surface area contributed by atoms with Crippen molar-refractivity contribution < 1.29 is 30.8 Å². The highest BCUT2D eigenvalue weighted by atomic mass is 32.2. The fourth-order valence-electron chi connectivity index (χ4n) is 3.70. The van der Waals surface area contributed by atoms with Crippen LogP contribution >= 0.6 is 0 Å². The number of carbonyl (C=O) groups excluding carboxylic acids is 1. The first-order valence-corrected chi connectivity index (χ1v) is 11.7. The number of nitrogens with one attached hydrogen (secondary N) is 1. The van der Waals surface area contributed by atoms with Crippen LogP contribution in [-0.4, -0.2) is 24.6 Å². The summed E-state index contributed by atoms with van der Waals surface area (Å²) >= 11 is 0. The Morgan fingerprint density at radius 1 is 0.941 bits per heavy atom. The first kappa shape index (κ1) is 23.5. The Hall–Kier alpha value is -3.66. The molecule has 0 aliphatic rings. The van der Waals surface area contributed by atoms with Gasteiger partial charge in [0.25, 0.3) is 0 Å². The standard InChI is InChI=1S/C24H18F4N2O3S/c25-17-7-5-6-16(12-17)13-30-14-22(18-8-1-4-11-21(18)30)34(32,33)15-23(31)29-20-10-3-2-9-19(20)24(26,27)28/h1-12,14H,13,15H2,(H,29,31). The van der Waals surface area contributed by atoms with Crippen molar-refractivity contribution in [3.63, 3.8) is 0 Å². The number of fused-ring (bicyclic) bond motifs is 1. The number of halogens is 4. The molecule has 0 saturated heterocycles. The van der Waals surface area contributed by atoms with Gasteiger partial charge >= 0.3 is 6.18 Å². The van der Waals surface area contributed by atoms with Crippen LogP contribution in [0.15, 0.2) is 83.9 Å². The highest BCUT2D eigenvalue weighted by Gasteiger charge is 2.34. The molecule has 3 aromatic carbocycles. The van der Waals surface area contributed by atoms with Crippen molar-refractivity contribution in [2.45, 2.75) is 17.6 Å². The maximum absolute atomic E-state index is 13.6. The van der Waals surface area contributed by atoms with Gasteiger partial charge in [0, 0.05) is 23.6 Å². The lowest BCUT2D eigenvalue weighted by Gasteiger charge is -2.13. The van der Waals surface area contributed by atoms with E-state index in [1.807, 2.05) is 0 Å². The molecule has 0 unspecified atom stereocenters. The predicted octanol–water partition coefficient (Wildman–Crippen LogP) is 5.26. The molecule has 1 N–H and O–H groups in total. The molecule has 0 fully saturated rings. The maximum atomic E-state index is 13.6.